The first-order chi connectivity index (χ1) is 9.52. The van der Waals surface area contributed by atoms with Gasteiger partial charge in [0.1, 0.15) is 0 Å². The molecular formula is C15H30IN5. The third kappa shape index (κ3) is 8.28. The highest BCUT2D eigenvalue weighted by atomic mass is 127. The molecule has 0 spiro atoms. The Morgan fingerprint density at radius 2 is 2.14 bits per heavy atom. The summed E-state index contributed by atoms with van der Waals surface area (Å²) in [5.41, 5.74) is 1.19. The summed E-state index contributed by atoms with van der Waals surface area (Å²) in [5, 5.41) is 7.61. The van der Waals surface area contributed by atoms with E-state index in [-0.39, 0.29) is 24.0 Å². The molecule has 1 heterocycles. The molecule has 0 fully saturated rings. The minimum absolute atomic E-state index is 0. The van der Waals surface area contributed by atoms with Crippen molar-refractivity contribution in [1.82, 2.24) is 20.0 Å². The van der Waals surface area contributed by atoms with Crippen LogP contribution in [0.2, 0.25) is 0 Å². The second-order valence-corrected chi connectivity index (χ2v) is 5.74. The lowest BCUT2D eigenvalue weighted by atomic mass is 10.1. The Morgan fingerprint density at radius 3 is 2.67 bits per heavy atom. The standard InChI is InChI=1S/C15H29N5.HI/c1-13(2)8-6-7-9-17-15(16-3)19(4)11-14-10-18-20(5)12-14;/h10,12-13H,6-9,11H2,1-5H3,(H,16,17);1H. The summed E-state index contributed by atoms with van der Waals surface area (Å²) in [6.07, 6.45) is 7.69. The number of halogens is 1. The van der Waals surface area contributed by atoms with E-state index in [0.717, 1.165) is 25.0 Å². The molecule has 0 aliphatic rings. The van der Waals surface area contributed by atoms with Gasteiger partial charge in [0.05, 0.1) is 6.20 Å². The van der Waals surface area contributed by atoms with Crippen LogP contribution in [0.15, 0.2) is 17.4 Å². The fourth-order valence-electron chi connectivity index (χ4n) is 2.16. The molecule has 0 unspecified atom stereocenters. The van der Waals surface area contributed by atoms with E-state index >= 15 is 0 Å². The van der Waals surface area contributed by atoms with Gasteiger partial charge in [-0.25, -0.2) is 0 Å². The number of hydrogen-bond donors (Lipinski definition) is 1. The largest absolute Gasteiger partial charge is 0.356 e. The zero-order chi connectivity index (χ0) is 15.0. The van der Waals surface area contributed by atoms with Gasteiger partial charge in [-0.3, -0.25) is 9.67 Å². The van der Waals surface area contributed by atoms with Crippen molar-refractivity contribution in [1.29, 1.82) is 0 Å². The Bertz CT molecular complexity index is 414. The Morgan fingerprint density at radius 1 is 1.43 bits per heavy atom. The van der Waals surface area contributed by atoms with Crippen LogP contribution in [0.1, 0.15) is 38.7 Å². The van der Waals surface area contributed by atoms with Gasteiger partial charge in [0.2, 0.25) is 0 Å². The number of rotatable bonds is 7. The van der Waals surface area contributed by atoms with E-state index in [1.165, 1.54) is 24.8 Å². The van der Waals surface area contributed by atoms with Gasteiger partial charge in [0, 0.05) is 46.0 Å². The van der Waals surface area contributed by atoms with Crippen LogP contribution in [0.5, 0.6) is 0 Å². The van der Waals surface area contributed by atoms with Gasteiger partial charge in [-0.2, -0.15) is 5.10 Å². The smallest absolute Gasteiger partial charge is 0.193 e. The first-order valence-corrected chi connectivity index (χ1v) is 7.42. The summed E-state index contributed by atoms with van der Waals surface area (Å²) in [6, 6.07) is 0. The quantitative estimate of drug-likeness (QED) is 0.327. The molecule has 0 saturated heterocycles. The molecule has 0 radical (unpaired) electrons. The topological polar surface area (TPSA) is 45.5 Å². The number of aromatic nitrogens is 2. The van der Waals surface area contributed by atoms with Crippen LogP contribution in [0.4, 0.5) is 0 Å². The third-order valence-electron chi connectivity index (χ3n) is 3.24. The van der Waals surface area contributed by atoms with Crippen molar-refractivity contribution in [2.75, 3.05) is 20.6 Å². The predicted octanol–water partition coefficient (Wildman–Crippen LogP) is 2.87. The van der Waals surface area contributed by atoms with E-state index < -0.39 is 0 Å². The van der Waals surface area contributed by atoms with Gasteiger partial charge in [0.25, 0.3) is 0 Å². The van der Waals surface area contributed by atoms with E-state index in [4.69, 9.17) is 0 Å². The lowest BCUT2D eigenvalue weighted by molar-refractivity contribution is 0.470. The minimum Gasteiger partial charge on any atom is -0.356 e. The van der Waals surface area contributed by atoms with Crippen LogP contribution < -0.4 is 5.32 Å². The van der Waals surface area contributed by atoms with Crippen LogP contribution in [-0.4, -0.2) is 41.3 Å². The fraction of sp³-hybridized carbons (Fsp3) is 0.733. The fourth-order valence-corrected chi connectivity index (χ4v) is 2.16. The maximum absolute atomic E-state index is 4.33. The van der Waals surface area contributed by atoms with Crippen LogP contribution >= 0.6 is 24.0 Å². The van der Waals surface area contributed by atoms with Gasteiger partial charge in [-0.05, 0) is 12.3 Å². The normalized spacial score (nSPS) is 11.4. The van der Waals surface area contributed by atoms with Crippen molar-refractivity contribution in [3.05, 3.63) is 18.0 Å². The molecule has 1 rings (SSSR count). The van der Waals surface area contributed by atoms with E-state index in [1.807, 2.05) is 31.2 Å². The molecule has 21 heavy (non-hydrogen) atoms. The SMILES string of the molecule is CN=C(NCCCCC(C)C)N(C)Cc1cnn(C)c1.I. The second kappa shape index (κ2) is 10.9. The molecular weight excluding hydrogens is 377 g/mol. The summed E-state index contributed by atoms with van der Waals surface area (Å²) in [5.74, 6) is 1.74. The van der Waals surface area contributed by atoms with E-state index in [9.17, 15) is 0 Å². The third-order valence-corrected chi connectivity index (χ3v) is 3.24. The van der Waals surface area contributed by atoms with Gasteiger partial charge >= 0.3 is 0 Å². The predicted molar refractivity (Wildman–Crippen MR) is 100 cm³/mol. The number of aliphatic imine (C=N–C) groups is 1. The summed E-state index contributed by atoms with van der Waals surface area (Å²) in [7, 11) is 5.82. The number of unbranched alkanes of at least 4 members (excludes halogenated alkanes) is 1. The molecule has 0 aromatic carbocycles. The van der Waals surface area contributed by atoms with Gasteiger partial charge in [0.15, 0.2) is 5.96 Å². The zero-order valence-electron chi connectivity index (χ0n) is 14.0. The maximum Gasteiger partial charge on any atom is 0.193 e. The van der Waals surface area contributed by atoms with Crippen molar-refractivity contribution in [2.45, 2.75) is 39.7 Å². The van der Waals surface area contributed by atoms with Gasteiger partial charge in [-0.15, -0.1) is 24.0 Å². The number of nitrogens with zero attached hydrogens (tertiary/aromatic N) is 4. The van der Waals surface area contributed by atoms with Gasteiger partial charge < -0.3 is 10.2 Å². The minimum atomic E-state index is 0. The summed E-state index contributed by atoms with van der Waals surface area (Å²) >= 11 is 0. The first kappa shape index (κ1) is 20.2. The molecule has 1 N–H and O–H groups in total. The first-order valence-electron chi connectivity index (χ1n) is 7.42. The molecule has 0 atom stereocenters. The van der Waals surface area contributed by atoms with Crippen molar-refractivity contribution in [2.24, 2.45) is 18.0 Å². The number of nitrogens with one attached hydrogen (secondary N) is 1. The Hall–Kier alpha value is -0.790. The summed E-state index contributed by atoms with van der Waals surface area (Å²) in [4.78, 5) is 6.45. The van der Waals surface area contributed by atoms with Crippen molar-refractivity contribution in [3.63, 3.8) is 0 Å². The lowest BCUT2D eigenvalue weighted by Gasteiger charge is -2.21. The molecule has 6 heteroatoms. The monoisotopic (exact) mass is 407 g/mol. The highest BCUT2D eigenvalue weighted by Crippen LogP contribution is 2.05. The lowest BCUT2D eigenvalue weighted by Crippen LogP contribution is -2.38. The molecule has 0 saturated carbocycles. The van der Waals surface area contributed by atoms with Crippen LogP contribution in [0.25, 0.3) is 0 Å². The zero-order valence-corrected chi connectivity index (χ0v) is 16.3. The van der Waals surface area contributed by atoms with Crippen LogP contribution in [-0.2, 0) is 13.6 Å². The van der Waals surface area contributed by atoms with Crippen LogP contribution in [0.3, 0.4) is 0 Å². The second-order valence-electron chi connectivity index (χ2n) is 5.74. The number of hydrogen-bond acceptors (Lipinski definition) is 2. The molecule has 5 nitrogen and oxygen atoms in total. The molecule has 0 aliphatic heterocycles. The Balaban J connectivity index is 0.00000400. The average molecular weight is 407 g/mol. The average Bonchev–Trinajstić information content (AvgIpc) is 2.78. The van der Waals surface area contributed by atoms with Crippen molar-refractivity contribution < 1.29 is 0 Å². The van der Waals surface area contributed by atoms with Gasteiger partial charge in [-0.1, -0.05) is 26.7 Å². The molecule has 0 bridgehead atoms. The van der Waals surface area contributed by atoms with Crippen molar-refractivity contribution >= 4 is 29.9 Å². The maximum atomic E-state index is 4.33. The number of aryl methyl sites for hydroxylation is 1. The summed E-state index contributed by atoms with van der Waals surface area (Å²) < 4.78 is 1.82. The molecule has 1 aromatic heterocycles. The molecule has 0 aliphatic carbocycles. The highest BCUT2D eigenvalue weighted by molar-refractivity contribution is 14.0. The Kier molecular flexibility index (Phi) is 10.5. The van der Waals surface area contributed by atoms with Crippen molar-refractivity contribution in [3.8, 4) is 0 Å². The van der Waals surface area contributed by atoms with E-state index in [0.29, 0.717) is 0 Å². The summed E-state index contributed by atoms with van der Waals surface area (Å²) in [6.45, 7) is 6.35. The highest BCUT2D eigenvalue weighted by Gasteiger charge is 2.07. The Labute approximate surface area is 146 Å². The van der Waals surface area contributed by atoms with Crippen LogP contribution in [0, 0.1) is 5.92 Å². The molecule has 122 valence electrons. The van der Waals surface area contributed by atoms with E-state index in [1.54, 1.807) is 0 Å². The molecule has 0 amide bonds. The number of guanidine groups is 1. The van der Waals surface area contributed by atoms with E-state index in [2.05, 4.69) is 41.2 Å². The molecule has 1 aromatic rings.